The second-order valence-electron chi connectivity index (χ2n) is 8.49. The summed E-state index contributed by atoms with van der Waals surface area (Å²) in [6.45, 7) is 6.07. The van der Waals surface area contributed by atoms with Gasteiger partial charge in [-0.05, 0) is 74.4 Å². The summed E-state index contributed by atoms with van der Waals surface area (Å²) in [6, 6.07) is 12.7. The first-order valence-electron chi connectivity index (χ1n) is 10.2. The van der Waals surface area contributed by atoms with E-state index in [0.29, 0.717) is 22.9 Å². The zero-order chi connectivity index (χ0) is 20.7. The highest BCUT2D eigenvalue weighted by Crippen LogP contribution is 2.42. The van der Waals surface area contributed by atoms with Gasteiger partial charge in [-0.25, -0.2) is 4.90 Å². The first-order chi connectivity index (χ1) is 13.8. The van der Waals surface area contributed by atoms with E-state index in [2.05, 4.69) is 12.2 Å². The van der Waals surface area contributed by atoms with Crippen molar-refractivity contribution in [2.45, 2.75) is 40.0 Å². The molecule has 0 radical (unpaired) electrons. The number of nitrogens with zero attached hydrogens (tertiary/aromatic N) is 1. The minimum atomic E-state index is -0.325. The number of hydrogen-bond donors (Lipinski definition) is 1. The van der Waals surface area contributed by atoms with Gasteiger partial charge in [0.05, 0.1) is 23.1 Å². The molecule has 2 aliphatic rings. The fourth-order valence-corrected chi connectivity index (χ4v) is 4.73. The molecular formula is C24H26N2O3. The Morgan fingerprint density at radius 1 is 0.966 bits per heavy atom. The molecule has 5 nitrogen and oxygen atoms in total. The first-order valence-corrected chi connectivity index (χ1v) is 10.2. The summed E-state index contributed by atoms with van der Waals surface area (Å²) in [4.78, 5) is 40.4. The van der Waals surface area contributed by atoms with Gasteiger partial charge in [0.1, 0.15) is 0 Å². The molecular weight excluding hydrogens is 364 g/mol. The number of carbonyl (C=O) groups is 3. The average molecular weight is 390 g/mol. The van der Waals surface area contributed by atoms with Crippen LogP contribution in [0.5, 0.6) is 0 Å². The van der Waals surface area contributed by atoms with Gasteiger partial charge in [0.25, 0.3) is 5.91 Å². The van der Waals surface area contributed by atoms with Crippen molar-refractivity contribution in [1.82, 2.24) is 0 Å². The van der Waals surface area contributed by atoms with Crippen LogP contribution in [0.15, 0.2) is 42.5 Å². The molecule has 0 aromatic heterocycles. The van der Waals surface area contributed by atoms with Crippen LogP contribution in [0.2, 0.25) is 0 Å². The number of benzene rings is 2. The van der Waals surface area contributed by atoms with Gasteiger partial charge in [-0.3, -0.25) is 14.4 Å². The summed E-state index contributed by atoms with van der Waals surface area (Å²) in [5, 5.41) is 2.92. The van der Waals surface area contributed by atoms with Crippen molar-refractivity contribution in [3.63, 3.8) is 0 Å². The second-order valence-corrected chi connectivity index (χ2v) is 8.49. The van der Waals surface area contributed by atoms with Crippen LogP contribution in [0.25, 0.3) is 0 Å². The maximum Gasteiger partial charge on any atom is 0.257 e. The molecule has 0 spiro atoms. The zero-order valence-corrected chi connectivity index (χ0v) is 17.1. The molecule has 1 heterocycles. The van der Waals surface area contributed by atoms with Crippen molar-refractivity contribution in [2.24, 2.45) is 17.8 Å². The number of hydrogen-bond acceptors (Lipinski definition) is 3. The molecule has 1 aliphatic heterocycles. The SMILES string of the molecule is Cc1cc(C)cc(NC(=O)c2ccccc2N2C(=O)[C@@H]3CC[C@H](C)C[C@H]3C2=O)c1. The molecule has 3 amide bonds. The molecule has 150 valence electrons. The van der Waals surface area contributed by atoms with Gasteiger partial charge in [0, 0.05) is 5.69 Å². The summed E-state index contributed by atoms with van der Waals surface area (Å²) in [6.07, 6.45) is 2.44. The second kappa shape index (κ2) is 7.47. The standard InChI is InChI=1S/C24H26N2O3/c1-14-8-9-18-20(13-14)24(29)26(23(18)28)21-7-5-4-6-19(21)22(27)25-17-11-15(2)10-16(3)12-17/h4-7,10-12,14,18,20H,8-9,13H2,1-3H3,(H,25,27)/t14-,18+,20+/m0/s1. The maximum atomic E-state index is 13.1. The van der Waals surface area contributed by atoms with Crippen molar-refractivity contribution >= 4 is 29.1 Å². The van der Waals surface area contributed by atoms with Gasteiger partial charge in [0.2, 0.25) is 11.8 Å². The highest BCUT2D eigenvalue weighted by molar-refractivity contribution is 6.24. The van der Waals surface area contributed by atoms with Gasteiger partial charge >= 0.3 is 0 Å². The van der Waals surface area contributed by atoms with Crippen LogP contribution in [0.4, 0.5) is 11.4 Å². The van der Waals surface area contributed by atoms with Gasteiger partial charge in [-0.1, -0.05) is 25.1 Å². The van der Waals surface area contributed by atoms with E-state index < -0.39 is 0 Å². The average Bonchev–Trinajstić information content (AvgIpc) is 2.91. The van der Waals surface area contributed by atoms with E-state index in [0.717, 1.165) is 30.4 Å². The van der Waals surface area contributed by atoms with Gasteiger partial charge in [-0.2, -0.15) is 0 Å². The zero-order valence-electron chi connectivity index (χ0n) is 17.1. The highest BCUT2D eigenvalue weighted by atomic mass is 16.2. The van der Waals surface area contributed by atoms with Crippen LogP contribution in [-0.2, 0) is 9.59 Å². The van der Waals surface area contributed by atoms with Crippen LogP contribution in [0.3, 0.4) is 0 Å². The van der Waals surface area contributed by atoms with Gasteiger partial charge in [0.15, 0.2) is 0 Å². The highest BCUT2D eigenvalue weighted by Gasteiger charge is 2.50. The van der Waals surface area contributed by atoms with Crippen molar-refractivity contribution < 1.29 is 14.4 Å². The van der Waals surface area contributed by atoms with Crippen molar-refractivity contribution in [1.29, 1.82) is 0 Å². The molecule has 5 heteroatoms. The lowest BCUT2D eigenvalue weighted by atomic mass is 9.76. The van der Waals surface area contributed by atoms with E-state index in [4.69, 9.17) is 0 Å². The Bertz CT molecular complexity index is 977. The number of nitrogens with one attached hydrogen (secondary N) is 1. The molecule has 3 atom stereocenters. The number of carbonyl (C=O) groups excluding carboxylic acids is 3. The molecule has 0 unspecified atom stereocenters. The van der Waals surface area contributed by atoms with E-state index in [1.807, 2.05) is 32.0 Å². The third-order valence-corrected chi connectivity index (χ3v) is 6.06. The lowest BCUT2D eigenvalue weighted by Gasteiger charge is -2.25. The van der Waals surface area contributed by atoms with Gasteiger partial charge < -0.3 is 5.32 Å². The number of amides is 3. The smallest absolute Gasteiger partial charge is 0.257 e. The Balaban J connectivity index is 1.65. The number of para-hydroxylation sites is 1. The van der Waals surface area contributed by atoms with E-state index in [9.17, 15) is 14.4 Å². The normalized spacial score (nSPS) is 23.8. The molecule has 0 bridgehead atoms. The van der Waals surface area contributed by atoms with Crippen LogP contribution in [0.1, 0.15) is 47.7 Å². The molecule has 2 aromatic rings. The van der Waals surface area contributed by atoms with Crippen LogP contribution >= 0.6 is 0 Å². The molecule has 2 aromatic carbocycles. The van der Waals surface area contributed by atoms with E-state index in [1.54, 1.807) is 24.3 Å². The van der Waals surface area contributed by atoms with E-state index in [1.165, 1.54) is 4.90 Å². The Kier molecular flexibility index (Phi) is 4.99. The fourth-order valence-electron chi connectivity index (χ4n) is 4.73. The van der Waals surface area contributed by atoms with E-state index in [-0.39, 0.29) is 29.6 Å². The Hall–Kier alpha value is -2.95. The van der Waals surface area contributed by atoms with Crippen LogP contribution < -0.4 is 10.2 Å². The summed E-state index contributed by atoms with van der Waals surface area (Å²) in [5.74, 6) is -0.738. The van der Waals surface area contributed by atoms with Crippen LogP contribution in [0, 0.1) is 31.6 Å². The molecule has 1 saturated heterocycles. The third-order valence-electron chi connectivity index (χ3n) is 6.06. The topological polar surface area (TPSA) is 66.5 Å². The monoisotopic (exact) mass is 390 g/mol. The molecule has 4 rings (SSSR count). The number of imide groups is 1. The predicted octanol–water partition coefficient (Wildman–Crippen LogP) is 4.48. The lowest BCUT2D eigenvalue weighted by Crippen LogP contribution is -2.33. The first kappa shape index (κ1) is 19.4. The number of fused-ring (bicyclic) bond motifs is 1. The number of anilines is 2. The Morgan fingerprint density at radius 2 is 1.62 bits per heavy atom. The largest absolute Gasteiger partial charge is 0.322 e. The maximum absolute atomic E-state index is 13.1. The van der Waals surface area contributed by atoms with E-state index >= 15 is 0 Å². The molecule has 1 aliphatic carbocycles. The fraction of sp³-hybridized carbons (Fsp3) is 0.375. The predicted molar refractivity (Wildman–Crippen MR) is 113 cm³/mol. The molecule has 1 N–H and O–H groups in total. The number of aryl methyl sites for hydroxylation is 2. The molecule has 29 heavy (non-hydrogen) atoms. The summed E-state index contributed by atoms with van der Waals surface area (Å²) >= 11 is 0. The quantitative estimate of drug-likeness (QED) is 0.786. The van der Waals surface area contributed by atoms with Gasteiger partial charge in [-0.15, -0.1) is 0 Å². The summed E-state index contributed by atoms with van der Waals surface area (Å²) < 4.78 is 0. The Morgan fingerprint density at radius 3 is 2.34 bits per heavy atom. The van der Waals surface area contributed by atoms with Crippen molar-refractivity contribution in [2.75, 3.05) is 10.2 Å². The van der Waals surface area contributed by atoms with Crippen molar-refractivity contribution in [3.8, 4) is 0 Å². The summed E-state index contributed by atoms with van der Waals surface area (Å²) in [5.41, 5.74) is 3.52. The molecule has 2 fully saturated rings. The molecule has 1 saturated carbocycles. The van der Waals surface area contributed by atoms with Crippen LogP contribution in [-0.4, -0.2) is 17.7 Å². The van der Waals surface area contributed by atoms with Crippen molar-refractivity contribution in [3.05, 3.63) is 59.2 Å². The minimum absolute atomic E-state index is 0.168. The third kappa shape index (κ3) is 3.57. The number of rotatable bonds is 3. The Labute approximate surface area is 171 Å². The lowest BCUT2D eigenvalue weighted by molar-refractivity contribution is -0.122. The summed E-state index contributed by atoms with van der Waals surface area (Å²) in [7, 11) is 0. The minimum Gasteiger partial charge on any atom is -0.322 e.